The molecule has 2 saturated heterocycles. The monoisotopic (exact) mass is 382 g/mol. The second-order valence-electron chi connectivity index (χ2n) is 5.99. The largest absolute Gasteiger partial charge is 0.375 e. The van der Waals surface area contributed by atoms with Crippen LogP contribution in [-0.4, -0.2) is 61.8 Å². The number of hydrogen-bond donors (Lipinski definition) is 0. The van der Waals surface area contributed by atoms with Gasteiger partial charge in [0.25, 0.3) is 5.91 Å². The van der Waals surface area contributed by atoms with Gasteiger partial charge >= 0.3 is 0 Å². The molecule has 0 spiro atoms. The van der Waals surface area contributed by atoms with Crippen molar-refractivity contribution < 1.29 is 22.7 Å². The first-order chi connectivity index (χ1) is 11.8. The maximum absolute atomic E-state index is 12.0. The molecule has 2 unspecified atom stereocenters. The molecule has 0 aromatic heterocycles. The van der Waals surface area contributed by atoms with Gasteiger partial charge in [-0.2, -0.15) is 4.99 Å². The van der Waals surface area contributed by atoms with E-state index >= 15 is 0 Å². The van der Waals surface area contributed by atoms with Crippen LogP contribution in [0, 0.1) is 0 Å². The number of anilines is 1. The standard InChI is InChI=1S/C16H18N2O5S2/c1-10(19)11-3-5-12(6-4-11)18-13-8-25(21,22)9-14(13)24-16(18)17-15(20)7-23-2/h3-6,13-14H,7-9H2,1-2H3. The van der Waals surface area contributed by atoms with E-state index < -0.39 is 15.7 Å². The highest BCUT2D eigenvalue weighted by Crippen LogP contribution is 2.40. The number of methoxy groups -OCH3 is 1. The van der Waals surface area contributed by atoms with Gasteiger partial charge in [0.1, 0.15) is 6.61 Å². The van der Waals surface area contributed by atoms with Crippen LogP contribution >= 0.6 is 11.8 Å². The van der Waals surface area contributed by atoms with Gasteiger partial charge in [-0.3, -0.25) is 9.59 Å². The Balaban J connectivity index is 1.97. The Labute approximate surface area is 150 Å². The van der Waals surface area contributed by atoms with Gasteiger partial charge in [0.15, 0.2) is 20.8 Å². The number of carbonyl (C=O) groups is 2. The number of fused-ring (bicyclic) bond motifs is 1. The number of Topliss-reactive ketones (excluding diaryl/α,β-unsaturated/α-hetero) is 1. The van der Waals surface area contributed by atoms with Gasteiger partial charge in [0.2, 0.25) is 0 Å². The normalized spacial score (nSPS) is 26.0. The number of benzene rings is 1. The van der Waals surface area contributed by atoms with E-state index in [-0.39, 0.29) is 35.2 Å². The molecule has 7 nitrogen and oxygen atoms in total. The summed E-state index contributed by atoms with van der Waals surface area (Å²) in [4.78, 5) is 29.2. The summed E-state index contributed by atoms with van der Waals surface area (Å²) in [6.07, 6.45) is 0. The molecule has 2 aliphatic heterocycles. The molecule has 2 fully saturated rings. The highest BCUT2D eigenvalue weighted by atomic mass is 32.2. The van der Waals surface area contributed by atoms with E-state index in [0.717, 1.165) is 0 Å². The predicted octanol–water partition coefficient (Wildman–Crippen LogP) is 1.14. The summed E-state index contributed by atoms with van der Waals surface area (Å²) in [5.74, 6) is -0.371. The fraction of sp³-hybridized carbons (Fsp3) is 0.438. The number of ketones is 1. The van der Waals surface area contributed by atoms with E-state index in [1.165, 1.54) is 25.8 Å². The van der Waals surface area contributed by atoms with Crippen LogP contribution in [-0.2, 0) is 19.4 Å². The van der Waals surface area contributed by atoms with E-state index in [1.54, 1.807) is 29.2 Å². The van der Waals surface area contributed by atoms with Gasteiger partial charge in [-0.1, -0.05) is 11.8 Å². The van der Waals surface area contributed by atoms with Crippen LogP contribution < -0.4 is 4.90 Å². The molecule has 1 amide bonds. The number of amides is 1. The maximum Gasteiger partial charge on any atom is 0.274 e. The molecule has 2 aliphatic rings. The van der Waals surface area contributed by atoms with E-state index in [1.807, 2.05) is 0 Å². The molecule has 25 heavy (non-hydrogen) atoms. The molecular weight excluding hydrogens is 364 g/mol. The summed E-state index contributed by atoms with van der Waals surface area (Å²) in [5.41, 5.74) is 1.28. The van der Waals surface area contributed by atoms with Crippen molar-refractivity contribution in [3.8, 4) is 0 Å². The lowest BCUT2D eigenvalue weighted by atomic mass is 10.1. The number of carbonyl (C=O) groups excluding carboxylic acids is 2. The van der Waals surface area contributed by atoms with Crippen molar-refractivity contribution in [2.75, 3.05) is 30.1 Å². The maximum atomic E-state index is 12.0. The highest BCUT2D eigenvalue weighted by molar-refractivity contribution is 8.16. The van der Waals surface area contributed by atoms with Gasteiger partial charge in [-0.25, -0.2) is 8.42 Å². The zero-order valence-corrected chi connectivity index (χ0v) is 15.5. The summed E-state index contributed by atoms with van der Waals surface area (Å²) < 4.78 is 28.8. The van der Waals surface area contributed by atoms with Crippen molar-refractivity contribution in [3.05, 3.63) is 29.8 Å². The second-order valence-corrected chi connectivity index (χ2v) is 9.35. The summed E-state index contributed by atoms with van der Waals surface area (Å²) >= 11 is 1.30. The third kappa shape index (κ3) is 3.78. The highest BCUT2D eigenvalue weighted by Gasteiger charge is 2.49. The number of sulfone groups is 1. The first kappa shape index (κ1) is 18.1. The molecule has 0 aliphatic carbocycles. The fourth-order valence-electron chi connectivity index (χ4n) is 2.99. The van der Waals surface area contributed by atoms with Crippen LogP contribution in [0.1, 0.15) is 17.3 Å². The summed E-state index contributed by atoms with van der Waals surface area (Å²) in [6.45, 7) is 1.35. The van der Waals surface area contributed by atoms with E-state index in [4.69, 9.17) is 4.74 Å². The predicted molar refractivity (Wildman–Crippen MR) is 97.1 cm³/mol. The quantitative estimate of drug-likeness (QED) is 0.721. The van der Waals surface area contributed by atoms with Crippen LogP contribution in [0.3, 0.4) is 0 Å². The topological polar surface area (TPSA) is 93.1 Å². The van der Waals surface area contributed by atoms with Crippen molar-refractivity contribution in [2.45, 2.75) is 18.2 Å². The smallest absolute Gasteiger partial charge is 0.274 e. The average molecular weight is 382 g/mol. The lowest BCUT2D eigenvalue weighted by Gasteiger charge is -2.24. The zero-order valence-electron chi connectivity index (χ0n) is 13.8. The number of aliphatic imine (C=N–C) groups is 1. The third-order valence-corrected chi connectivity index (χ3v) is 7.32. The van der Waals surface area contributed by atoms with Gasteiger partial charge in [0, 0.05) is 23.6 Å². The first-order valence-corrected chi connectivity index (χ1v) is 10.4. The van der Waals surface area contributed by atoms with E-state index in [2.05, 4.69) is 4.99 Å². The van der Waals surface area contributed by atoms with Crippen LogP contribution in [0.15, 0.2) is 29.3 Å². The number of hydrogen-bond acceptors (Lipinski definition) is 6. The number of nitrogens with zero attached hydrogens (tertiary/aromatic N) is 2. The van der Waals surface area contributed by atoms with Crippen molar-refractivity contribution in [3.63, 3.8) is 0 Å². The van der Waals surface area contributed by atoms with Gasteiger partial charge in [-0.15, -0.1) is 0 Å². The Morgan fingerprint density at radius 3 is 2.56 bits per heavy atom. The Kier molecular flexibility index (Phi) is 4.99. The van der Waals surface area contributed by atoms with Crippen LogP contribution in [0.4, 0.5) is 5.69 Å². The zero-order chi connectivity index (χ0) is 18.2. The molecule has 0 N–H and O–H groups in total. The second kappa shape index (κ2) is 6.89. The van der Waals surface area contributed by atoms with Crippen LogP contribution in [0.2, 0.25) is 0 Å². The molecule has 134 valence electrons. The Morgan fingerprint density at radius 2 is 1.96 bits per heavy atom. The minimum absolute atomic E-state index is 0.0244. The summed E-state index contributed by atoms with van der Waals surface area (Å²) in [6, 6.07) is 6.61. The third-order valence-electron chi connectivity index (χ3n) is 4.11. The molecule has 1 aromatic carbocycles. The van der Waals surface area contributed by atoms with E-state index in [0.29, 0.717) is 16.4 Å². The number of thioether (sulfide) groups is 1. The van der Waals surface area contributed by atoms with Gasteiger partial charge < -0.3 is 9.64 Å². The number of amidine groups is 1. The molecule has 3 rings (SSSR count). The minimum Gasteiger partial charge on any atom is -0.375 e. The molecule has 0 bridgehead atoms. The van der Waals surface area contributed by atoms with Gasteiger partial charge in [0.05, 0.1) is 17.5 Å². The Hall–Kier alpha value is -1.71. The van der Waals surface area contributed by atoms with Crippen molar-refractivity contribution >= 4 is 44.1 Å². The molecular formula is C16H18N2O5S2. The molecule has 0 saturated carbocycles. The summed E-state index contributed by atoms with van der Waals surface area (Å²) in [5, 5.41) is 0.314. The molecule has 1 aromatic rings. The molecule has 2 atom stereocenters. The minimum atomic E-state index is -3.11. The van der Waals surface area contributed by atoms with Gasteiger partial charge in [-0.05, 0) is 31.2 Å². The average Bonchev–Trinajstić information content (AvgIpc) is 2.98. The SMILES string of the molecule is COCC(=O)N=C1SC2CS(=O)(=O)CC2N1c1ccc(C(C)=O)cc1. The van der Waals surface area contributed by atoms with Crippen molar-refractivity contribution in [1.29, 1.82) is 0 Å². The first-order valence-electron chi connectivity index (χ1n) is 7.68. The molecule has 9 heteroatoms. The lowest BCUT2D eigenvalue weighted by Crippen LogP contribution is -2.37. The van der Waals surface area contributed by atoms with Crippen LogP contribution in [0.5, 0.6) is 0 Å². The Morgan fingerprint density at radius 1 is 1.28 bits per heavy atom. The lowest BCUT2D eigenvalue weighted by molar-refractivity contribution is -0.121. The number of ether oxygens (including phenoxy) is 1. The molecule has 0 radical (unpaired) electrons. The summed E-state index contributed by atoms with van der Waals surface area (Å²) in [7, 11) is -1.70. The fourth-order valence-corrected chi connectivity index (χ4v) is 6.92. The molecule has 2 heterocycles. The van der Waals surface area contributed by atoms with Crippen molar-refractivity contribution in [1.82, 2.24) is 0 Å². The van der Waals surface area contributed by atoms with E-state index in [9.17, 15) is 18.0 Å². The van der Waals surface area contributed by atoms with Crippen molar-refractivity contribution in [2.24, 2.45) is 4.99 Å². The Bertz CT molecular complexity index is 833. The number of rotatable bonds is 4. The van der Waals surface area contributed by atoms with Crippen LogP contribution in [0.25, 0.3) is 0 Å².